The van der Waals surface area contributed by atoms with Crippen molar-refractivity contribution in [1.29, 1.82) is 0 Å². The van der Waals surface area contributed by atoms with Gasteiger partial charge in [-0.2, -0.15) is 0 Å². The molecule has 4 heteroatoms. The topological polar surface area (TPSA) is 60.8 Å². The predicted molar refractivity (Wildman–Crippen MR) is 42.0 cm³/mol. The zero-order valence-electron chi connectivity index (χ0n) is 6.40. The van der Waals surface area contributed by atoms with Gasteiger partial charge in [-0.1, -0.05) is 5.11 Å². The van der Waals surface area contributed by atoms with E-state index in [4.69, 9.17) is 5.53 Å². The Bertz CT molecular complexity index is 185. The third-order valence-corrected chi connectivity index (χ3v) is 2.84. The third-order valence-electron chi connectivity index (χ3n) is 2.84. The van der Waals surface area contributed by atoms with Gasteiger partial charge in [0, 0.05) is 11.0 Å². The summed E-state index contributed by atoms with van der Waals surface area (Å²) in [7, 11) is 0. The lowest BCUT2D eigenvalue weighted by Crippen LogP contribution is -2.12. The normalized spacial score (nSPS) is 41.6. The third kappa shape index (κ3) is 1.19. The largest absolute Gasteiger partial charge is 0.316 e. The Morgan fingerprint density at radius 1 is 1.27 bits per heavy atom. The number of nitrogens with one attached hydrogen (secondary N) is 1. The lowest BCUT2D eigenvalue weighted by molar-refractivity contribution is 0.494. The maximum Gasteiger partial charge on any atom is 0.0380 e. The number of nitrogens with zero attached hydrogens (tertiary/aromatic N) is 3. The maximum atomic E-state index is 8.23. The number of azide groups is 1. The summed E-state index contributed by atoms with van der Waals surface area (Å²) >= 11 is 0. The van der Waals surface area contributed by atoms with Crippen molar-refractivity contribution >= 4 is 0 Å². The fraction of sp³-hybridized carbons (Fsp3) is 1.00. The molecule has 2 fully saturated rings. The molecular weight excluding hydrogens is 140 g/mol. The molecule has 3 atom stereocenters. The first-order valence-corrected chi connectivity index (χ1v) is 4.15. The molecule has 0 bridgehead atoms. The van der Waals surface area contributed by atoms with Gasteiger partial charge in [-0.25, -0.2) is 0 Å². The predicted octanol–water partition coefficient (Wildman–Crippen LogP) is 1.29. The van der Waals surface area contributed by atoms with Crippen molar-refractivity contribution in [2.75, 3.05) is 13.1 Å². The van der Waals surface area contributed by atoms with Crippen molar-refractivity contribution in [3.05, 3.63) is 10.4 Å². The molecule has 1 aliphatic carbocycles. The first kappa shape index (κ1) is 6.95. The van der Waals surface area contributed by atoms with Gasteiger partial charge in [0.1, 0.15) is 0 Å². The SMILES string of the molecule is [N-]=[N+]=N[C@@H]1C[C@H]2CNC[C@H]2C1. The van der Waals surface area contributed by atoms with Crippen LogP contribution in [0.3, 0.4) is 0 Å². The highest BCUT2D eigenvalue weighted by atomic mass is 15.2. The van der Waals surface area contributed by atoms with Gasteiger partial charge in [-0.3, -0.25) is 0 Å². The maximum absolute atomic E-state index is 8.23. The zero-order valence-corrected chi connectivity index (χ0v) is 6.40. The molecular formula is C7H12N4. The van der Waals surface area contributed by atoms with Crippen LogP contribution < -0.4 is 5.32 Å². The Kier molecular flexibility index (Phi) is 1.72. The standard InChI is InChI=1S/C7H12N4/c8-11-10-7-1-5-3-9-4-6(5)2-7/h5-7,9H,1-4H2/t5-,6+,7+. The zero-order chi connectivity index (χ0) is 7.68. The van der Waals surface area contributed by atoms with Crippen LogP contribution in [0.2, 0.25) is 0 Å². The molecule has 2 rings (SSSR count). The van der Waals surface area contributed by atoms with Gasteiger partial charge in [0.25, 0.3) is 0 Å². The van der Waals surface area contributed by atoms with Gasteiger partial charge < -0.3 is 5.32 Å². The molecule has 0 aromatic heterocycles. The van der Waals surface area contributed by atoms with Crippen LogP contribution >= 0.6 is 0 Å². The molecule has 0 aromatic rings. The summed E-state index contributed by atoms with van der Waals surface area (Å²) in [5.74, 6) is 1.57. The lowest BCUT2D eigenvalue weighted by Gasteiger charge is -2.02. The minimum atomic E-state index is 0.289. The summed E-state index contributed by atoms with van der Waals surface area (Å²) in [5, 5.41) is 7.11. The molecule has 0 aromatic carbocycles. The highest BCUT2D eigenvalue weighted by Gasteiger charge is 2.36. The molecule has 0 radical (unpaired) electrons. The second-order valence-electron chi connectivity index (χ2n) is 3.51. The van der Waals surface area contributed by atoms with Gasteiger partial charge in [0.05, 0.1) is 0 Å². The van der Waals surface area contributed by atoms with Crippen LogP contribution in [-0.4, -0.2) is 19.1 Å². The molecule has 1 heterocycles. The average Bonchev–Trinajstić information content (AvgIpc) is 2.46. The molecule has 4 nitrogen and oxygen atoms in total. The van der Waals surface area contributed by atoms with Crippen LogP contribution in [0.5, 0.6) is 0 Å². The fourth-order valence-corrected chi connectivity index (χ4v) is 2.30. The van der Waals surface area contributed by atoms with Crippen LogP contribution in [0.1, 0.15) is 12.8 Å². The van der Waals surface area contributed by atoms with E-state index in [1.165, 1.54) is 0 Å². The quantitative estimate of drug-likeness (QED) is 0.343. The van der Waals surface area contributed by atoms with Crippen molar-refractivity contribution in [2.24, 2.45) is 17.0 Å². The summed E-state index contributed by atoms with van der Waals surface area (Å²) in [6, 6.07) is 0.289. The van der Waals surface area contributed by atoms with Gasteiger partial charge in [-0.05, 0) is 43.3 Å². The Morgan fingerprint density at radius 2 is 1.91 bits per heavy atom. The first-order valence-electron chi connectivity index (χ1n) is 4.15. The van der Waals surface area contributed by atoms with Crippen molar-refractivity contribution in [1.82, 2.24) is 5.32 Å². The van der Waals surface area contributed by atoms with Crippen LogP contribution in [0.25, 0.3) is 10.4 Å². The molecule has 0 spiro atoms. The second kappa shape index (κ2) is 2.72. The van der Waals surface area contributed by atoms with E-state index in [0.29, 0.717) is 0 Å². The molecule has 11 heavy (non-hydrogen) atoms. The van der Waals surface area contributed by atoms with Gasteiger partial charge in [-0.15, -0.1) is 0 Å². The van der Waals surface area contributed by atoms with Gasteiger partial charge in [0.2, 0.25) is 0 Å². The van der Waals surface area contributed by atoms with E-state index < -0.39 is 0 Å². The summed E-state index contributed by atoms with van der Waals surface area (Å²) in [6.07, 6.45) is 2.20. The molecule has 2 aliphatic rings. The average molecular weight is 152 g/mol. The Morgan fingerprint density at radius 3 is 2.45 bits per heavy atom. The number of rotatable bonds is 1. The van der Waals surface area contributed by atoms with Crippen LogP contribution in [-0.2, 0) is 0 Å². The Hall–Kier alpha value is -0.730. The van der Waals surface area contributed by atoms with Gasteiger partial charge in [0.15, 0.2) is 0 Å². The van der Waals surface area contributed by atoms with E-state index in [0.717, 1.165) is 37.8 Å². The van der Waals surface area contributed by atoms with E-state index in [1.54, 1.807) is 0 Å². The minimum absolute atomic E-state index is 0.289. The van der Waals surface area contributed by atoms with Crippen LogP contribution in [0, 0.1) is 11.8 Å². The monoisotopic (exact) mass is 152 g/mol. The molecule has 0 amide bonds. The number of hydrogen-bond donors (Lipinski definition) is 1. The highest BCUT2D eigenvalue weighted by Crippen LogP contribution is 2.35. The lowest BCUT2D eigenvalue weighted by atomic mass is 10.0. The summed E-state index contributed by atoms with van der Waals surface area (Å²) in [4.78, 5) is 2.85. The molecule has 1 saturated carbocycles. The van der Waals surface area contributed by atoms with E-state index in [1.807, 2.05) is 0 Å². The number of hydrogen-bond acceptors (Lipinski definition) is 2. The Labute approximate surface area is 65.6 Å². The Balaban J connectivity index is 1.99. The molecule has 0 unspecified atom stereocenters. The summed E-state index contributed by atoms with van der Waals surface area (Å²) < 4.78 is 0. The van der Waals surface area contributed by atoms with E-state index in [9.17, 15) is 0 Å². The molecule has 1 saturated heterocycles. The van der Waals surface area contributed by atoms with E-state index >= 15 is 0 Å². The summed E-state index contributed by atoms with van der Waals surface area (Å²) in [5.41, 5.74) is 8.23. The summed E-state index contributed by atoms with van der Waals surface area (Å²) in [6.45, 7) is 2.25. The van der Waals surface area contributed by atoms with Crippen molar-refractivity contribution in [3.8, 4) is 0 Å². The molecule has 1 N–H and O–H groups in total. The fourth-order valence-electron chi connectivity index (χ4n) is 2.30. The smallest absolute Gasteiger partial charge is 0.0380 e. The van der Waals surface area contributed by atoms with Crippen molar-refractivity contribution < 1.29 is 0 Å². The van der Waals surface area contributed by atoms with Gasteiger partial charge >= 0.3 is 0 Å². The first-order chi connectivity index (χ1) is 5.40. The highest BCUT2D eigenvalue weighted by molar-refractivity contribution is 4.93. The number of fused-ring (bicyclic) bond motifs is 1. The second-order valence-corrected chi connectivity index (χ2v) is 3.51. The van der Waals surface area contributed by atoms with Crippen molar-refractivity contribution in [3.63, 3.8) is 0 Å². The van der Waals surface area contributed by atoms with Crippen LogP contribution in [0.15, 0.2) is 5.11 Å². The minimum Gasteiger partial charge on any atom is -0.316 e. The van der Waals surface area contributed by atoms with E-state index in [2.05, 4.69) is 15.3 Å². The van der Waals surface area contributed by atoms with Crippen molar-refractivity contribution in [2.45, 2.75) is 18.9 Å². The van der Waals surface area contributed by atoms with Crippen LogP contribution in [0.4, 0.5) is 0 Å². The molecule has 60 valence electrons. The van der Waals surface area contributed by atoms with E-state index in [-0.39, 0.29) is 6.04 Å². The molecule has 1 aliphatic heterocycles.